The summed E-state index contributed by atoms with van der Waals surface area (Å²) in [4.78, 5) is 4.55. The predicted octanol–water partition coefficient (Wildman–Crippen LogP) is 2.15. The van der Waals surface area contributed by atoms with E-state index in [9.17, 15) is 0 Å². The molecular weight excluding hydrogens is 264 g/mol. The van der Waals surface area contributed by atoms with Gasteiger partial charge in [-0.15, -0.1) is 0 Å². The normalized spacial score (nSPS) is 12.5. The van der Waals surface area contributed by atoms with E-state index in [-0.39, 0.29) is 6.04 Å². The Labute approximate surface area is 126 Å². The summed E-state index contributed by atoms with van der Waals surface area (Å²) in [5.41, 5.74) is 11.3. The van der Waals surface area contributed by atoms with E-state index >= 15 is 0 Å². The Morgan fingerprint density at radius 3 is 2.62 bits per heavy atom. The largest absolute Gasteiger partial charge is 0.497 e. The number of nitrogens with two attached hydrogens (primary N) is 1. The van der Waals surface area contributed by atoms with Gasteiger partial charge in [0, 0.05) is 29.6 Å². The fraction of sp³-hybridized carbons (Fsp3) is 0.500. The Hall–Kier alpha value is -1.88. The highest BCUT2D eigenvalue weighted by molar-refractivity contribution is 5.29. The number of methoxy groups -OCH3 is 1. The lowest BCUT2D eigenvalue weighted by molar-refractivity contribution is 0.412. The zero-order chi connectivity index (χ0) is 15.6. The first kappa shape index (κ1) is 15.5. The summed E-state index contributed by atoms with van der Waals surface area (Å²) in [7, 11) is 1.67. The molecule has 114 valence electrons. The van der Waals surface area contributed by atoms with Crippen LogP contribution >= 0.6 is 0 Å². The monoisotopic (exact) mass is 288 g/mol. The van der Waals surface area contributed by atoms with E-state index in [1.807, 2.05) is 37.6 Å². The molecule has 0 radical (unpaired) electrons. The average molecular weight is 288 g/mol. The van der Waals surface area contributed by atoms with Gasteiger partial charge in [0.2, 0.25) is 0 Å². The van der Waals surface area contributed by atoms with E-state index in [2.05, 4.69) is 17.0 Å². The van der Waals surface area contributed by atoms with E-state index in [0.29, 0.717) is 6.54 Å². The molecule has 0 spiro atoms. The Kier molecular flexibility index (Phi) is 4.63. The average Bonchev–Trinajstić information content (AvgIpc) is 2.65. The van der Waals surface area contributed by atoms with E-state index in [1.165, 1.54) is 5.56 Å². The molecule has 0 saturated carbocycles. The van der Waals surface area contributed by atoms with Crippen molar-refractivity contribution in [2.75, 3.05) is 7.11 Å². The maximum absolute atomic E-state index is 5.92. The van der Waals surface area contributed by atoms with Crippen LogP contribution in [0.25, 0.3) is 0 Å². The van der Waals surface area contributed by atoms with E-state index in [1.54, 1.807) is 7.11 Å². The summed E-state index contributed by atoms with van der Waals surface area (Å²) in [6, 6.07) is 4.01. The van der Waals surface area contributed by atoms with Crippen molar-refractivity contribution in [1.82, 2.24) is 14.8 Å². The van der Waals surface area contributed by atoms with Crippen LogP contribution in [0.2, 0.25) is 0 Å². The first-order valence-corrected chi connectivity index (χ1v) is 7.20. The molecule has 2 N–H and O–H groups in total. The topological polar surface area (TPSA) is 66.0 Å². The number of aryl methyl sites for hydroxylation is 2. The van der Waals surface area contributed by atoms with Crippen LogP contribution in [0.1, 0.15) is 35.3 Å². The van der Waals surface area contributed by atoms with Gasteiger partial charge in [-0.25, -0.2) is 0 Å². The molecule has 2 heterocycles. The lowest BCUT2D eigenvalue weighted by atomic mass is 10.1. The molecule has 2 aromatic rings. The van der Waals surface area contributed by atoms with Crippen LogP contribution in [0, 0.1) is 20.8 Å². The van der Waals surface area contributed by atoms with Crippen LogP contribution in [0.5, 0.6) is 5.75 Å². The van der Waals surface area contributed by atoms with Gasteiger partial charge in [0.25, 0.3) is 0 Å². The van der Waals surface area contributed by atoms with Crippen LogP contribution in [-0.4, -0.2) is 27.9 Å². The lowest BCUT2D eigenvalue weighted by Crippen LogP contribution is -2.18. The molecule has 0 aromatic carbocycles. The fourth-order valence-electron chi connectivity index (χ4n) is 2.56. The molecule has 0 bridgehead atoms. The van der Waals surface area contributed by atoms with Gasteiger partial charge in [-0.05, 0) is 39.7 Å². The van der Waals surface area contributed by atoms with Crippen LogP contribution in [0.3, 0.4) is 0 Å². The van der Waals surface area contributed by atoms with Crippen LogP contribution in [-0.2, 0) is 13.0 Å². The van der Waals surface area contributed by atoms with Crippen LogP contribution < -0.4 is 10.5 Å². The smallest absolute Gasteiger partial charge is 0.122 e. The second-order valence-electron chi connectivity index (χ2n) is 5.63. The molecule has 2 rings (SSSR count). The minimum Gasteiger partial charge on any atom is -0.497 e. The summed E-state index contributed by atoms with van der Waals surface area (Å²) >= 11 is 0. The summed E-state index contributed by atoms with van der Waals surface area (Å²) in [6.45, 7) is 8.75. The maximum Gasteiger partial charge on any atom is 0.122 e. The first-order valence-electron chi connectivity index (χ1n) is 7.20. The zero-order valence-electron chi connectivity index (χ0n) is 13.5. The zero-order valence-corrected chi connectivity index (χ0v) is 13.5. The predicted molar refractivity (Wildman–Crippen MR) is 83.7 cm³/mol. The molecule has 0 amide bonds. The highest BCUT2D eigenvalue weighted by Gasteiger charge is 2.13. The van der Waals surface area contributed by atoms with E-state index in [4.69, 9.17) is 10.5 Å². The molecule has 0 aliphatic carbocycles. The van der Waals surface area contributed by atoms with Crippen molar-refractivity contribution in [3.63, 3.8) is 0 Å². The molecule has 21 heavy (non-hydrogen) atoms. The molecule has 5 heteroatoms. The first-order chi connectivity index (χ1) is 9.90. The fourth-order valence-corrected chi connectivity index (χ4v) is 2.56. The van der Waals surface area contributed by atoms with Crippen molar-refractivity contribution < 1.29 is 4.74 Å². The second kappa shape index (κ2) is 6.26. The van der Waals surface area contributed by atoms with Gasteiger partial charge < -0.3 is 10.5 Å². The van der Waals surface area contributed by atoms with Gasteiger partial charge >= 0.3 is 0 Å². The molecule has 5 nitrogen and oxygen atoms in total. The summed E-state index contributed by atoms with van der Waals surface area (Å²) < 4.78 is 7.29. The Balaban J connectivity index is 2.30. The number of ether oxygens (including phenoxy) is 1. The van der Waals surface area contributed by atoms with Crippen molar-refractivity contribution in [2.45, 2.75) is 46.7 Å². The van der Waals surface area contributed by atoms with Gasteiger partial charge in [0.15, 0.2) is 0 Å². The molecule has 0 aliphatic heterocycles. The van der Waals surface area contributed by atoms with Gasteiger partial charge in [0.05, 0.1) is 25.0 Å². The molecule has 0 saturated heterocycles. The Bertz CT molecular complexity index is 631. The highest BCUT2D eigenvalue weighted by Crippen LogP contribution is 2.18. The molecule has 0 aliphatic rings. The minimum absolute atomic E-state index is 0.136. The van der Waals surface area contributed by atoms with Crippen LogP contribution in [0.15, 0.2) is 12.1 Å². The van der Waals surface area contributed by atoms with Crippen molar-refractivity contribution in [3.05, 3.63) is 40.5 Å². The molecule has 1 unspecified atom stereocenters. The Morgan fingerprint density at radius 1 is 1.29 bits per heavy atom. The van der Waals surface area contributed by atoms with Crippen LogP contribution in [0.4, 0.5) is 0 Å². The number of rotatable bonds is 5. The summed E-state index contributed by atoms with van der Waals surface area (Å²) in [5.74, 6) is 0.829. The molecule has 2 aromatic heterocycles. The van der Waals surface area contributed by atoms with Crippen molar-refractivity contribution in [3.8, 4) is 5.75 Å². The maximum atomic E-state index is 5.92. The molecule has 1 atom stereocenters. The van der Waals surface area contributed by atoms with Gasteiger partial charge in [-0.3, -0.25) is 9.67 Å². The number of nitrogens with zero attached hydrogens (tertiary/aromatic N) is 3. The van der Waals surface area contributed by atoms with Crippen molar-refractivity contribution in [1.29, 1.82) is 0 Å². The van der Waals surface area contributed by atoms with E-state index < -0.39 is 0 Å². The number of pyridine rings is 1. The second-order valence-corrected chi connectivity index (χ2v) is 5.63. The highest BCUT2D eigenvalue weighted by atomic mass is 16.5. The van der Waals surface area contributed by atoms with Gasteiger partial charge in [0.1, 0.15) is 5.75 Å². The summed E-state index contributed by atoms with van der Waals surface area (Å²) in [6.07, 6.45) is 0.849. The van der Waals surface area contributed by atoms with Gasteiger partial charge in [-0.2, -0.15) is 5.10 Å². The van der Waals surface area contributed by atoms with Gasteiger partial charge in [-0.1, -0.05) is 0 Å². The number of hydrogen-bond donors (Lipinski definition) is 1. The summed E-state index contributed by atoms with van der Waals surface area (Å²) in [5, 5.41) is 4.62. The minimum atomic E-state index is 0.136. The number of hydrogen-bond acceptors (Lipinski definition) is 4. The molecule has 0 fully saturated rings. The number of aromatic nitrogens is 3. The third kappa shape index (κ3) is 3.61. The lowest BCUT2D eigenvalue weighted by Gasteiger charge is -2.09. The molecular formula is C16H24N4O. The third-order valence-corrected chi connectivity index (χ3v) is 3.58. The SMILES string of the molecule is COc1cc(C)nc(Cn2nc(C)c(CC(C)N)c2C)c1. The quantitative estimate of drug-likeness (QED) is 0.915. The third-order valence-electron chi connectivity index (χ3n) is 3.58. The Morgan fingerprint density at radius 2 is 2.00 bits per heavy atom. The van der Waals surface area contributed by atoms with Crippen molar-refractivity contribution in [2.24, 2.45) is 5.73 Å². The van der Waals surface area contributed by atoms with E-state index in [0.717, 1.165) is 34.9 Å². The van der Waals surface area contributed by atoms with Crippen molar-refractivity contribution >= 4 is 0 Å². The standard InChI is InChI=1S/C16H24N4O/c1-10(17)6-16-12(3)19-20(13(16)4)9-14-8-15(21-5)7-11(2)18-14/h7-8,10H,6,9,17H2,1-5H3.